The minimum atomic E-state index is -1.24. The zero-order chi connectivity index (χ0) is 23.1. The van der Waals surface area contributed by atoms with E-state index in [0.29, 0.717) is 44.5 Å². The number of nitrogens with two attached hydrogens (primary N) is 1. The number of amides is 3. The molecule has 3 amide bonds. The normalized spacial score (nSPS) is 22.8. The first-order valence-electron chi connectivity index (χ1n) is 10.3. The molecule has 2 saturated heterocycles. The number of hydrogen-bond acceptors (Lipinski definition) is 7. The highest BCUT2D eigenvalue weighted by Crippen LogP contribution is 2.25. The number of rotatable bonds is 10. The van der Waals surface area contributed by atoms with E-state index in [9.17, 15) is 29.1 Å². The lowest BCUT2D eigenvalue weighted by molar-refractivity contribution is -0.149. The van der Waals surface area contributed by atoms with Gasteiger partial charge in [0, 0.05) is 13.1 Å². The Morgan fingerprint density at radius 3 is 2.26 bits per heavy atom. The molecule has 0 aliphatic carbocycles. The van der Waals surface area contributed by atoms with Crippen LogP contribution in [0.1, 0.15) is 38.5 Å². The molecule has 4 unspecified atom stereocenters. The van der Waals surface area contributed by atoms with Gasteiger partial charge in [-0.05, 0) is 44.1 Å². The largest absolute Gasteiger partial charge is 0.481 e. The van der Waals surface area contributed by atoms with Crippen molar-refractivity contribution in [2.24, 2.45) is 5.73 Å². The minimum Gasteiger partial charge on any atom is -0.481 e. The van der Waals surface area contributed by atoms with Crippen molar-refractivity contribution in [2.75, 3.05) is 25.1 Å². The highest BCUT2D eigenvalue weighted by atomic mass is 32.2. The number of thioether (sulfide) groups is 1. The van der Waals surface area contributed by atoms with Gasteiger partial charge in [-0.25, -0.2) is 4.79 Å². The maximum atomic E-state index is 13.2. The molecule has 174 valence electrons. The zero-order valence-corrected chi connectivity index (χ0v) is 18.3. The molecule has 0 aromatic rings. The van der Waals surface area contributed by atoms with Gasteiger partial charge in [0.2, 0.25) is 17.7 Å². The van der Waals surface area contributed by atoms with E-state index in [4.69, 9.17) is 10.8 Å². The molecule has 0 bridgehead atoms. The molecule has 2 fully saturated rings. The van der Waals surface area contributed by atoms with E-state index in [-0.39, 0.29) is 12.3 Å². The predicted molar refractivity (Wildman–Crippen MR) is 112 cm³/mol. The van der Waals surface area contributed by atoms with E-state index in [2.05, 4.69) is 5.32 Å². The molecule has 2 aliphatic heterocycles. The highest BCUT2D eigenvalue weighted by Gasteiger charge is 2.43. The van der Waals surface area contributed by atoms with Gasteiger partial charge < -0.3 is 31.1 Å². The van der Waals surface area contributed by atoms with Gasteiger partial charge in [-0.15, -0.1) is 0 Å². The van der Waals surface area contributed by atoms with Gasteiger partial charge in [-0.3, -0.25) is 19.2 Å². The highest BCUT2D eigenvalue weighted by molar-refractivity contribution is 7.98. The van der Waals surface area contributed by atoms with Gasteiger partial charge in [0.15, 0.2) is 0 Å². The number of carboxylic acids is 2. The Kier molecular flexibility index (Phi) is 9.11. The van der Waals surface area contributed by atoms with Gasteiger partial charge in [0.05, 0.1) is 12.5 Å². The molecule has 4 atom stereocenters. The molecule has 31 heavy (non-hydrogen) atoms. The smallest absolute Gasteiger partial charge is 0.326 e. The number of hydrogen-bond donors (Lipinski definition) is 4. The number of carbonyl (C=O) groups is 5. The molecule has 0 aromatic heterocycles. The molecule has 2 rings (SSSR count). The Balaban J connectivity index is 2.07. The van der Waals surface area contributed by atoms with Crippen LogP contribution in [-0.4, -0.2) is 98.9 Å². The van der Waals surface area contributed by atoms with Crippen LogP contribution in [0.15, 0.2) is 0 Å². The van der Waals surface area contributed by atoms with Crippen molar-refractivity contribution in [3.8, 4) is 0 Å². The Morgan fingerprint density at radius 1 is 1.06 bits per heavy atom. The van der Waals surface area contributed by atoms with E-state index in [1.807, 2.05) is 6.26 Å². The van der Waals surface area contributed by atoms with Crippen LogP contribution < -0.4 is 11.1 Å². The Hall–Kier alpha value is -2.34. The molecule has 0 spiro atoms. The summed E-state index contributed by atoms with van der Waals surface area (Å²) in [5.74, 6) is -3.26. The van der Waals surface area contributed by atoms with Crippen LogP contribution in [0.5, 0.6) is 0 Å². The average Bonchev–Trinajstić information content (AvgIpc) is 3.38. The fraction of sp³-hybridized carbons (Fsp3) is 0.737. The van der Waals surface area contributed by atoms with E-state index in [1.165, 1.54) is 21.6 Å². The lowest BCUT2D eigenvalue weighted by Crippen LogP contribution is -2.56. The van der Waals surface area contributed by atoms with E-state index in [1.54, 1.807) is 0 Å². The summed E-state index contributed by atoms with van der Waals surface area (Å²) in [6, 6.07) is -3.87. The number of carboxylic acid groups (broad SMARTS) is 2. The molecule has 0 radical (unpaired) electrons. The van der Waals surface area contributed by atoms with Gasteiger partial charge in [-0.1, -0.05) is 0 Å². The van der Waals surface area contributed by atoms with Crippen molar-refractivity contribution < 1.29 is 34.2 Å². The molecule has 11 nitrogen and oxygen atoms in total. The summed E-state index contributed by atoms with van der Waals surface area (Å²) in [4.78, 5) is 63.5. The molecule has 0 aromatic carbocycles. The lowest BCUT2D eigenvalue weighted by Gasteiger charge is -2.32. The van der Waals surface area contributed by atoms with Crippen LogP contribution in [0.2, 0.25) is 0 Å². The predicted octanol–water partition coefficient (Wildman–Crippen LogP) is -0.907. The maximum Gasteiger partial charge on any atom is 0.326 e. The fourth-order valence-electron chi connectivity index (χ4n) is 4.03. The Labute approximate surface area is 184 Å². The first kappa shape index (κ1) is 24.9. The topological polar surface area (TPSA) is 170 Å². The van der Waals surface area contributed by atoms with Crippen LogP contribution in [0.3, 0.4) is 0 Å². The van der Waals surface area contributed by atoms with Crippen LogP contribution in [0, 0.1) is 0 Å². The second-order valence-electron chi connectivity index (χ2n) is 7.76. The number of nitrogens with one attached hydrogen (secondary N) is 1. The quantitative estimate of drug-likeness (QED) is 0.324. The molecule has 2 aliphatic rings. The average molecular weight is 459 g/mol. The van der Waals surface area contributed by atoms with Gasteiger partial charge in [0.25, 0.3) is 0 Å². The molecule has 5 N–H and O–H groups in total. The summed E-state index contributed by atoms with van der Waals surface area (Å²) in [5, 5.41) is 20.7. The molecule has 2 heterocycles. The van der Waals surface area contributed by atoms with Gasteiger partial charge in [-0.2, -0.15) is 11.8 Å². The second kappa shape index (κ2) is 11.3. The maximum absolute atomic E-state index is 13.2. The van der Waals surface area contributed by atoms with Crippen molar-refractivity contribution in [1.82, 2.24) is 15.1 Å². The number of carbonyl (C=O) groups excluding carboxylic acids is 3. The first-order chi connectivity index (χ1) is 14.7. The summed E-state index contributed by atoms with van der Waals surface area (Å²) in [6.45, 7) is 0.627. The standard InChI is InChI=1S/C19H30N4O7S/c1-31-9-6-12(19(29)30)21-16(26)13-4-2-7-22(13)18(28)14-5-3-8-23(14)17(27)11(20)10-15(24)25/h11-14H,2-10,20H2,1H3,(H,21,26)(H,24,25)(H,29,30). The van der Waals surface area contributed by atoms with Crippen LogP contribution in [-0.2, 0) is 24.0 Å². The van der Waals surface area contributed by atoms with Gasteiger partial charge in [0.1, 0.15) is 18.1 Å². The number of nitrogens with zero attached hydrogens (tertiary/aromatic N) is 2. The summed E-state index contributed by atoms with van der Waals surface area (Å²) >= 11 is 1.47. The minimum absolute atomic E-state index is 0.273. The number of aliphatic carboxylic acids is 2. The van der Waals surface area contributed by atoms with Crippen molar-refractivity contribution in [1.29, 1.82) is 0 Å². The summed E-state index contributed by atoms with van der Waals surface area (Å²) in [6.07, 6.45) is 3.56. The van der Waals surface area contributed by atoms with Crippen molar-refractivity contribution in [3.05, 3.63) is 0 Å². The first-order valence-corrected chi connectivity index (χ1v) is 11.7. The van der Waals surface area contributed by atoms with E-state index < -0.39 is 54.3 Å². The van der Waals surface area contributed by atoms with Gasteiger partial charge >= 0.3 is 11.9 Å². The van der Waals surface area contributed by atoms with Crippen molar-refractivity contribution in [3.63, 3.8) is 0 Å². The third-order valence-electron chi connectivity index (χ3n) is 5.60. The Morgan fingerprint density at radius 2 is 1.68 bits per heavy atom. The summed E-state index contributed by atoms with van der Waals surface area (Å²) in [5.41, 5.74) is 5.69. The lowest BCUT2D eigenvalue weighted by atomic mass is 10.1. The molecular formula is C19H30N4O7S. The molecule has 0 saturated carbocycles. The van der Waals surface area contributed by atoms with Crippen molar-refractivity contribution in [2.45, 2.75) is 62.7 Å². The third kappa shape index (κ3) is 6.33. The Bertz CT molecular complexity index is 719. The van der Waals surface area contributed by atoms with E-state index >= 15 is 0 Å². The van der Waals surface area contributed by atoms with Crippen molar-refractivity contribution >= 4 is 41.4 Å². The monoisotopic (exact) mass is 458 g/mol. The van der Waals surface area contributed by atoms with Crippen LogP contribution in [0.4, 0.5) is 0 Å². The fourth-order valence-corrected chi connectivity index (χ4v) is 4.50. The molecule has 12 heteroatoms. The van der Waals surface area contributed by atoms with E-state index in [0.717, 1.165) is 0 Å². The second-order valence-corrected chi connectivity index (χ2v) is 8.75. The third-order valence-corrected chi connectivity index (χ3v) is 6.24. The summed E-state index contributed by atoms with van der Waals surface area (Å²) in [7, 11) is 0. The summed E-state index contributed by atoms with van der Waals surface area (Å²) < 4.78 is 0. The van der Waals surface area contributed by atoms with Crippen LogP contribution in [0.25, 0.3) is 0 Å². The zero-order valence-electron chi connectivity index (χ0n) is 17.5. The number of likely N-dealkylation sites (tertiary alicyclic amines) is 2. The van der Waals surface area contributed by atoms with Crippen LogP contribution >= 0.6 is 11.8 Å². The SMILES string of the molecule is CSCCC(NC(=O)C1CCCN1C(=O)C1CCCN1C(=O)C(N)CC(=O)O)C(=O)O. The molecular weight excluding hydrogens is 428 g/mol.